The Balaban J connectivity index is 1.66. The van der Waals surface area contributed by atoms with Crippen molar-refractivity contribution in [2.24, 2.45) is 0 Å². The fraction of sp³-hybridized carbons (Fsp3) is 0.400. The van der Waals surface area contributed by atoms with E-state index in [0.29, 0.717) is 18.1 Å². The van der Waals surface area contributed by atoms with Gasteiger partial charge in [0.2, 0.25) is 0 Å². The highest BCUT2D eigenvalue weighted by molar-refractivity contribution is 5.89. The van der Waals surface area contributed by atoms with Crippen molar-refractivity contribution in [1.29, 1.82) is 0 Å². The predicted molar refractivity (Wildman–Crippen MR) is 81.8 cm³/mol. The van der Waals surface area contributed by atoms with Crippen LogP contribution in [0.2, 0.25) is 0 Å². The topological polar surface area (TPSA) is 83.1 Å². The number of urea groups is 1. The molecule has 7 nitrogen and oxygen atoms in total. The lowest BCUT2D eigenvalue weighted by atomic mass is 10.0. The van der Waals surface area contributed by atoms with E-state index in [9.17, 15) is 13.6 Å². The lowest BCUT2D eigenvalue weighted by molar-refractivity contribution is -0.0498. The Morgan fingerprint density at radius 1 is 1.33 bits per heavy atom. The minimum atomic E-state index is -2.87. The summed E-state index contributed by atoms with van der Waals surface area (Å²) in [7, 11) is 0. The van der Waals surface area contributed by atoms with Crippen molar-refractivity contribution in [3.63, 3.8) is 0 Å². The number of H-pyrrole nitrogens is 1. The molecule has 9 heteroatoms. The molecule has 24 heavy (non-hydrogen) atoms. The van der Waals surface area contributed by atoms with Gasteiger partial charge < -0.3 is 15.0 Å². The third kappa shape index (κ3) is 3.79. The maximum Gasteiger partial charge on any atom is 0.387 e. The molecular weight excluding hydrogens is 320 g/mol. The highest BCUT2D eigenvalue weighted by Gasteiger charge is 2.29. The van der Waals surface area contributed by atoms with E-state index in [0.717, 1.165) is 19.3 Å². The number of carbonyl (C=O) groups excluding carboxylic acids is 1. The van der Waals surface area contributed by atoms with Crippen LogP contribution in [-0.4, -0.2) is 39.3 Å². The molecular formula is C15H17F2N5O2. The van der Waals surface area contributed by atoms with Gasteiger partial charge in [0.05, 0.1) is 6.04 Å². The van der Waals surface area contributed by atoms with Gasteiger partial charge in [-0.3, -0.25) is 5.10 Å². The number of ether oxygens (including phenoxy) is 1. The number of rotatable bonds is 4. The molecule has 1 aromatic heterocycles. The SMILES string of the molecule is O=C(Nc1ccc(OC(F)F)cc1)N1CCCCC1c1ncn[nH]1. The summed E-state index contributed by atoms with van der Waals surface area (Å²) in [5, 5.41) is 9.42. The quantitative estimate of drug-likeness (QED) is 0.898. The van der Waals surface area contributed by atoms with Crippen LogP contribution < -0.4 is 10.1 Å². The Hall–Kier alpha value is -2.71. The number of anilines is 1. The number of alkyl halides is 2. The molecule has 0 saturated carbocycles. The molecule has 2 heterocycles. The number of piperidine rings is 1. The smallest absolute Gasteiger partial charge is 0.387 e. The number of hydrogen-bond donors (Lipinski definition) is 2. The van der Waals surface area contributed by atoms with Crippen molar-refractivity contribution in [3.05, 3.63) is 36.4 Å². The second kappa shape index (κ2) is 7.24. The molecule has 2 aromatic rings. The number of amides is 2. The standard InChI is InChI=1S/C15H17F2N5O2/c16-14(17)24-11-6-4-10(5-7-11)20-15(23)22-8-2-1-3-12(22)13-18-9-19-21-13/h4-7,9,12,14H,1-3,8H2,(H,20,23)(H,18,19,21). The van der Waals surface area contributed by atoms with Crippen LogP contribution in [0.3, 0.4) is 0 Å². The zero-order valence-corrected chi connectivity index (χ0v) is 12.8. The molecule has 128 valence electrons. The molecule has 0 bridgehead atoms. The third-order valence-corrected chi connectivity index (χ3v) is 3.84. The highest BCUT2D eigenvalue weighted by atomic mass is 19.3. The lowest BCUT2D eigenvalue weighted by Gasteiger charge is -2.34. The van der Waals surface area contributed by atoms with E-state index in [2.05, 4.69) is 25.2 Å². The molecule has 0 radical (unpaired) electrons. The number of likely N-dealkylation sites (tertiary alicyclic amines) is 1. The van der Waals surface area contributed by atoms with Gasteiger partial charge in [-0.25, -0.2) is 9.78 Å². The summed E-state index contributed by atoms with van der Waals surface area (Å²) < 4.78 is 28.6. The van der Waals surface area contributed by atoms with E-state index in [-0.39, 0.29) is 17.8 Å². The Kier molecular flexibility index (Phi) is 4.88. The monoisotopic (exact) mass is 337 g/mol. The fourth-order valence-electron chi connectivity index (χ4n) is 2.75. The summed E-state index contributed by atoms with van der Waals surface area (Å²) in [6.07, 6.45) is 4.15. The second-order valence-corrected chi connectivity index (χ2v) is 5.41. The maximum absolute atomic E-state index is 12.5. The molecule has 0 spiro atoms. The molecule has 1 aromatic carbocycles. The molecule has 1 aliphatic rings. The zero-order valence-electron chi connectivity index (χ0n) is 12.8. The first-order valence-corrected chi connectivity index (χ1v) is 7.61. The molecule has 1 saturated heterocycles. The summed E-state index contributed by atoms with van der Waals surface area (Å²) in [5.74, 6) is 0.700. The van der Waals surface area contributed by atoms with Crippen molar-refractivity contribution in [2.45, 2.75) is 31.9 Å². The summed E-state index contributed by atoms with van der Waals surface area (Å²) in [5.41, 5.74) is 0.503. The first-order chi connectivity index (χ1) is 11.6. The minimum Gasteiger partial charge on any atom is -0.435 e. The summed E-state index contributed by atoms with van der Waals surface area (Å²) >= 11 is 0. The molecule has 1 atom stereocenters. The summed E-state index contributed by atoms with van der Waals surface area (Å²) in [4.78, 5) is 18.4. The molecule has 0 aliphatic carbocycles. The van der Waals surface area contributed by atoms with Crippen molar-refractivity contribution in [3.8, 4) is 5.75 Å². The Morgan fingerprint density at radius 3 is 2.79 bits per heavy atom. The first kappa shape index (κ1) is 16.2. The lowest BCUT2D eigenvalue weighted by Crippen LogP contribution is -2.41. The maximum atomic E-state index is 12.5. The van der Waals surface area contributed by atoms with E-state index in [4.69, 9.17) is 0 Å². The number of hydrogen-bond acceptors (Lipinski definition) is 4. The Bertz CT molecular complexity index is 663. The van der Waals surface area contributed by atoms with Gasteiger partial charge in [0.15, 0.2) is 0 Å². The van der Waals surface area contributed by atoms with E-state index in [1.807, 2.05) is 0 Å². The van der Waals surface area contributed by atoms with Crippen LogP contribution in [0.15, 0.2) is 30.6 Å². The number of nitrogens with one attached hydrogen (secondary N) is 2. The fourth-order valence-corrected chi connectivity index (χ4v) is 2.75. The van der Waals surface area contributed by atoms with Gasteiger partial charge in [-0.1, -0.05) is 0 Å². The number of carbonyl (C=O) groups is 1. The number of aromatic amines is 1. The minimum absolute atomic E-state index is 0.0421. The van der Waals surface area contributed by atoms with Crippen molar-refractivity contribution >= 4 is 11.7 Å². The van der Waals surface area contributed by atoms with E-state index in [1.54, 1.807) is 4.90 Å². The van der Waals surface area contributed by atoms with E-state index in [1.165, 1.54) is 30.6 Å². The number of benzene rings is 1. The second-order valence-electron chi connectivity index (χ2n) is 5.41. The average molecular weight is 337 g/mol. The van der Waals surface area contributed by atoms with Gasteiger partial charge in [-0.15, -0.1) is 0 Å². The van der Waals surface area contributed by atoms with Gasteiger partial charge >= 0.3 is 12.6 Å². The third-order valence-electron chi connectivity index (χ3n) is 3.84. The van der Waals surface area contributed by atoms with Crippen LogP contribution in [0.25, 0.3) is 0 Å². The van der Waals surface area contributed by atoms with Crippen molar-refractivity contribution < 1.29 is 18.3 Å². The van der Waals surface area contributed by atoms with Crippen molar-refractivity contribution in [1.82, 2.24) is 20.1 Å². The summed E-state index contributed by atoms with van der Waals surface area (Å²) in [6, 6.07) is 5.38. The number of halogens is 2. The van der Waals surface area contributed by atoms with E-state index < -0.39 is 6.61 Å². The van der Waals surface area contributed by atoms with Crippen LogP contribution in [-0.2, 0) is 0 Å². The normalized spacial score (nSPS) is 17.8. The van der Waals surface area contributed by atoms with Crippen LogP contribution >= 0.6 is 0 Å². The van der Waals surface area contributed by atoms with Gasteiger partial charge in [-0.2, -0.15) is 13.9 Å². The Morgan fingerprint density at radius 2 is 2.12 bits per heavy atom. The van der Waals surface area contributed by atoms with Crippen LogP contribution in [0.1, 0.15) is 31.1 Å². The van der Waals surface area contributed by atoms with E-state index >= 15 is 0 Å². The molecule has 1 unspecified atom stereocenters. The summed E-state index contributed by atoms with van der Waals surface area (Å²) in [6.45, 7) is -2.26. The molecule has 3 rings (SSSR count). The molecule has 2 amide bonds. The number of aromatic nitrogens is 3. The van der Waals surface area contributed by atoms with Crippen LogP contribution in [0.5, 0.6) is 5.75 Å². The van der Waals surface area contributed by atoms with Crippen molar-refractivity contribution in [2.75, 3.05) is 11.9 Å². The van der Waals surface area contributed by atoms with Gasteiger partial charge in [0.25, 0.3) is 0 Å². The van der Waals surface area contributed by atoms with Gasteiger partial charge in [0, 0.05) is 12.2 Å². The highest BCUT2D eigenvalue weighted by Crippen LogP contribution is 2.29. The predicted octanol–water partition coefficient (Wildman–Crippen LogP) is 3.17. The van der Waals surface area contributed by atoms with Crippen LogP contribution in [0.4, 0.5) is 19.3 Å². The van der Waals surface area contributed by atoms with Crippen LogP contribution in [0, 0.1) is 0 Å². The largest absolute Gasteiger partial charge is 0.435 e. The number of nitrogens with zero attached hydrogens (tertiary/aromatic N) is 3. The molecule has 1 aliphatic heterocycles. The van der Waals surface area contributed by atoms with Gasteiger partial charge in [0.1, 0.15) is 17.9 Å². The zero-order chi connectivity index (χ0) is 16.9. The van der Waals surface area contributed by atoms with Gasteiger partial charge in [-0.05, 0) is 43.5 Å². The molecule has 1 fully saturated rings. The average Bonchev–Trinajstić information content (AvgIpc) is 3.10. The Labute approximate surface area is 137 Å². The first-order valence-electron chi connectivity index (χ1n) is 7.61. The molecule has 2 N–H and O–H groups in total.